The van der Waals surface area contributed by atoms with Gasteiger partial charge in [0.15, 0.2) is 0 Å². The number of ether oxygens (including phenoxy) is 2. The van der Waals surface area contributed by atoms with Crippen LogP contribution < -0.4 is 10.6 Å². The highest BCUT2D eigenvalue weighted by molar-refractivity contribution is 5.99. The smallest absolute Gasteiger partial charge is 0.340 e. The topological polar surface area (TPSA) is 64.8 Å². The SMILES string of the molecule is COC(=O)c1cccc(N)c1N1CCOC2CCCC21. The molecular formula is C15H20N2O3. The van der Waals surface area contributed by atoms with Gasteiger partial charge in [0, 0.05) is 6.54 Å². The van der Waals surface area contributed by atoms with Gasteiger partial charge in [-0.2, -0.15) is 0 Å². The number of carbonyl (C=O) groups is 1. The van der Waals surface area contributed by atoms with Gasteiger partial charge >= 0.3 is 5.97 Å². The molecule has 2 unspecified atom stereocenters. The van der Waals surface area contributed by atoms with E-state index in [0.717, 1.165) is 31.5 Å². The molecule has 1 saturated carbocycles. The fraction of sp³-hybridized carbons (Fsp3) is 0.533. The van der Waals surface area contributed by atoms with Crippen LogP contribution in [0, 0.1) is 0 Å². The highest BCUT2D eigenvalue weighted by Gasteiger charge is 2.38. The minimum Gasteiger partial charge on any atom is -0.465 e. The Bertz CT molecular complexity index is 518. The summed E-state index contributed by atoms with van der Waals surface area (Å²) in [7, 11) is 1.40. The summed E-state index contributed by atoms with van der Waals surface area (Å²) in [6, 6.07) is 5.72. The molecule has 3 rings (SSSR count). The lowest BCUT2D eigenvalue weighted by Gasteiger charge is -2.40. The third-order valence-electron chi connectivity index (χ3n) is 4.24. The van der Waals surface area contributed by atoms with Gasteiger partial charge in [-0.15, -0.1) is 0 Å². The molecule has 2 fully saturated rings. The number of nitrogens with zero attached hydrogens (tertiary/aromatic N) is 1. The molecule has 1 aromatic carbocycles. The average Bonchev–Trinajstić information content (AvgIpc) is 2.94. The molecule has 108 valence electrons. The number of fused-ring (bicyclic) bond motifs is 1. The highest BCUT2D eigenvalue weighted by atomic mass is 16.5. The van der Waals surface area contributed by atoms with Crippen LogP contribution in [0.1, 0.15) is 29.6 Å². The van der Waals surface area contributed by atoms with Crippen LogP contribution in [0.2, 0.25) is 0 Å². The van der Waals surface area contributed by atoms with Crippen molar-refractivity contribution in [3.8, 4) is 0 Å². The van der Waals surface area contributed by atoms with Crippen LogP contribution in [0.25, 0.3) is 0 Å². The third-order valence-corrected chi connectivity index (χ3v) is 4.24. The van der Waals surface area contributed by atoms with Crippen LogP contribution in [0.3, 0.4) is 0 Å². The first kappa shape index (κ1) is 13.2. The van der Waals surface area contributed by atoms with Gasteiger partial charge in [0.25, 0.3) is 0 Å². The molecule has 5 heteroatoms. The Balaban J connectivity index is 2.02. The number of esters is 1. The van der Waals surface area contributed by atoms with Crippen molar-refractivity contribution in [3.63, 3.8) is 0 Å². The van der Waals surface area contributed by atoms with Gasteiger partial charge in [-0.25, -0.2) is 4.79 Å². The number of carbonyl (C=O) groups excluding carboxylic acids is 1. The summed E-state index contributed by atoms with van der Waals surface area (Å²) >= 11 is 0. The van der Waals surface area contributed by atoms with E-state index in [0.29, 0.717) is 23.9 Å². The van der Waals surface area contributed by atoms with Crippen LogP contribution in [0.5, 0.6) is 0 Å². The second kappa shape index (κ2) is 5.32. The molecule has 1 saturated heterocycles. The van der Waals surface area contributed by atoms with Crippen LogP contribution >= 0.6 is 0 Å². The number of methoxy groups -OCH3 is 1. The number of benzene rings is 1. The predicted molar refractivity (Wildman–Crippen MR) is 76.9 cm³/mol. The van der Waals surface area contributed by atoms with E-state index in [1.54, 1.807) is 12.1 Å². The van der Waals surface area contributed by atoms with E-state index in [-0.39, 0.29) is 12.1 Å². The van der Waals surface area contributed by atoms with Crippen LogP contribution in [0.4, 0.5) is 11.4 Å². The number of morpholine rings is 1. The Hall–Kier alpha value is -1.75. The minimum atomic E-state index is -0.340. The molecule has 2 N–H and O–H groups in total. The van der Waals surface area contributed by atoms with Crippen LogP contribution in [0.15, 0.2) is 18.2 Å². The van der Waals surface area contributed by atoms with Crippen molar-refractivity contribution >= 4 is 17.3 Å². The van der Waals surface area contributed by atoms with Crippen LogP contribution in [-0.2, 0) is 9.47 Å². The number of hydrogen-bond acceptors (Lipinski definition) is 5. The molecule has 5 nitrogen and oxygen atoms in total. The summed E-state index contributed by atoms with van der Waals surface area (Å²) in [6.45, 7) is 1.44. The number of nitrogens with two attached hydrogens (primary N) is 1. The van der Waals surface area contributed by atoms with E-state index in [1.165, 1.54) is 7.11 Å². The lowest BCUT2D eigenvalue weighted by Crippen LogP contribution is -2.49. The molecule has 0 radical (unpaired) electrons. The molecule has 0 aromatic heterocycles. The van der Waals surface area contributed by atoms with Gasteiger partial charge in [-0.05, 0) is 31.4 Å². The number of rotatable bonds is 2. The molecule has 0 spiro atoms. The molecule has 20 heavy (non-hydrogen) atoms. The summed E-state index contributed by atoms with van der Waals surface area (Å²) < 4.78 is 10.7. The van der Waals surface area contributed by atoms with Crippen molar-refractivity contribution in [2.45, 2.75) is 31.4 Å². The quantitative estimate of drug-likeness (QED) is 0.659. The summed E-state index contributed by atoms with van der Waals surface area (Å²) in [5.74, 6) is -0.340. The fourth-order valence-corrected chi connectivity index (χ4v) is 3.36. The largest absolute Gasteiger partial charge is 0.465 e. The van der Waals surface area contributed by atoms with E-state index in [9.17, 15) is 4.79 Å². The van der Waals surface area contributed by atoms with Gasteiger partial charge in [0.1, 0.15) is 0 Å². The van der Waals surface area contributed by atoms with Crippen molar-refractivity contribution < 1.29 is 14.3 Å². The van der Waals surface area contributed by atoms with E-state index in [1.807, 2.05) is 6.07 Å². The maximum absolute atomic E-state index is 12.0. The Kier molecular flexibility index (Phi) is 3.53. The van der Waals surface area contributed by atoms with E-state index >= 15 is 0 Å². The lowest BCUT2D eigenvalue weighted by atomic mass is 10.0. The summed E-state index contributed by atoms with van der Waals surface area (Å²) in [5.41, 5.74) is 8.11. The Morgan fingerprint density at radius 1 is 1.45 bits per heavy atom. The molecule has 1 aliphatic carbocycles. The summed E-state index contributed by atoms with van der Waals surface area (Å²) in [5, 5.41) is 0. The Morgan fingerprint density at radius 2 is 2.30 bits per heavy atom. The number of nitrogen functional groups attached to an aromatic ring is 1. The zero-order chi connectivity index (χ0) is 14.1. The lowest BCUT2D eigenvalue weighted by molar-refractivity contribution is 0.0254. The number of anilines is 2. The van der Waals surface area contributed by atoms with Crippen molar-refractivity contribution in [3.05, 3.63) is 23.8 Å². The van der Waals surface area contributed by atoms with Crippen LogP contribution in [-0.4, -0.2) is 38.4 Å². The van der Waals surface area contributed by atoms with Crippen molar-refractivity contribution in [2.24, 2.45) is 0 Å². The zero-order valence-electron chi connectivity index (χ0n) is 11.7. The van der Waals surface area contributed by atoms with Gasteiger partial charge in [-0.3, -0.25) is 0 Å². The molecule has 2 atom stereocenters. The predicted octanol–water partition coefficient (Wildman–Crippen LogP) is 1.81. The van der Waals surface area contributed by atoms with Crippen molar-refractivity contribution in [1.29, 1.82) is 0 Å². The number of hydrogen-bond donors (Lipinski definition) is 1. The molecule has 0 bridgehead atoms. The second-order valence-corrected chi connectivity index (χ2v) is 5.34. The van der Waals surface area contributed by atoms with Gasteiger partial charge < -0.3 is 20.1 Å². The first-order chi connectivity index (χ1) is 9.72. The molecule has 2 aliphatic rings. The first-order valence-electron chi connectivity index (χ1n) is 7.07. The van der Waals surface area contributed by atoms with Crippen molar-refractivity contribution in [2.75, 3.05) is 30.9 Å². The van der Waals surface area contributed by atoms with E-state index in [4.69, 9.17) is 15.2 Å². The standard InChI is InChI=1S/C15H20N2O3/c1-19-15(18)10-4-2-5-11(16)14(10)17-8-9-20-13-7-3-6-12(13)17/h2,4-5,12-13H,3,6-9,16H2,1H3. The highest BCUT2D eigenvalue weighted by Crippen LogP contribution is 2.37. The van der Waals surface area contributed by atoms with Gasteiger partial charge in [0.2, 0.25) is 0 Å². The summed E-state index contributed by atoms with van der Waals surface area (Å²) in [6.07, 6.45) is 3.58. The average molecular weight is 276 g/mol. The third kappa shape index (κ3) is 2.12. The first-order valence-corrected chi connectivity index (χ1v) is 7.07. The van der Waals surface area contributed by atoms with E-state index in [2.05, 4.69) is 4.90 Å². The van der Waals surface area contributed by atoms with Crippen molar-refractivity contribution in [1.82, 2.24) is 0 Å². The normalized spacial score (nSPS) is 25.4. The minimum absolute atomic E-state index is 0.258. The monoisotopic (exact) mass is 276 g/mol. The van der Waals surface area contributed by atoms with Gasteiger partial charge in [-0.1, -0.05) is 6.07 Å². The van der Waals surface area contributed by atoms with E-state index < -0.39 is 0 Å². The maximum atomic E-state index is 12.0. The molecule has 1 heterocycles. The Morgan fingerprint density at radius 3 is 3.10 bits per heavy atom. The molecular weight excluding hydrogens is 256 g/mol. The summed E-state index contributed by atoms with van der Waals surface area (Å²) in [4.78, 5) is 14.2. The van der Waals surface area contributed by atoms with Gasteiger partial charge in [0.05, 0.1) is 42.8 Å². The molecule has 1 aromatic rings. The fourth-order valence-electron chi connectivity index (χ4n) is 3.36. The zero-order valence-corrected chi connectivity index (χ0v) is 11.7. The Labute approximate surface area is 118 Å². The molecule has 1 aliphatic heterocycles. The number of para-hydroxylation sites is 1. The second-order valence-electron chi connectivity index (χ2n) is 5.34. The maximum Gasteiger partial charge on any atom is 0.340 e. The molecule has 0 amide bonds.